The van der Waals surface area contributed by atoms with Crippen LogP contribution in [0, 0.1) is 5.41 Å². The summed E-state index contributed by atoms with van der Waals surface area (Å²) >= 11 is 0. The lowest BCUT2D eigenvalue weighted by Crippen LogP contribution is -2.30. The minimum atomic E-state index is -0.817. The molecule has 0 aromatic heterocycles. The van der Waals surface area contributed by atoms with Gasteiger partial charge in [-0.3, -0.25) is 4.79 Å². The first-order valence-corrected chi connectivity index (χ1v) is 5.41. The Morgan fingerprint density at radius 2 is 2.07 bits per heavy atom. The Balaban J connectivity index is 3.43. The molecule has 0 rings (SSSR count). The molecule has 0 spiro atoms. The van der Waals surface area contributed by atoms with Gasteiger partial charge in [-0.1, -0.05) is 13.8 Å². The molecule has 0 aliphatic carbocycles. The van der Waals surface area contributed by atoms with Gasteiger partial charge in [0.05, 0.1) is 12.0 Å². The van der Waals surface area contributed by atoms with E-state index in [9.17, 15) is 4.79 Å². The maximum absolute atomic E-state index is 10.7. The molecule has 0 aromatic rings. The van der Waals surface area contributed by atoms with E-state index in [0.717, 1.165) is 13.0 Å². The Hall–Kier alpha value is -0.610. The van der Waals surface area contributed by atoms with E-state index < -0.39 is 11.4 Å². The van der Waals surface area contributed by atoms with Crippen LogP contribution >= 0.6 is 0 Å². The first kappa shape index (κ1) is 14.4. The molecule has 0 atom stereocenters. The summed E-state index contributed by atoms with van der Waals surface area (Å²) in [7, 11) is 0. The third-order valence-electron chi connectivity index (χ3n) is 2.06. The Morgan fingerprint density at radius 3 is 2.53 bits per heavy atom. The van der Waals surface area contributed by atoms with Crippen molar-refractivity contribution < 1.29 is 14.6 Å². The zero-order valence-corrected chi connectivity index (χ0v) is 10.2. The molecule has 0 aliphatic heterocycles. The Bertz CT molecular complexity index is 190. The van der Waals surface area contributed by atoms with Crippen molar-refractivity contribution in [2.75, 3.05) is 19.8 Å². The van der Waals surface area contributed by atoms with Gasteiger partial charge in [0, 0.05) is 12.6 Å². The van der Waals surface area contributed by atoms with Crippen LogP contribution in [0.15, 0.2) is 0 Å². The van der Waals surface area contributed by atoms with Crippen molar-refractivity contribution in [1.29, 1.82) is 0 Å². The number of carbonyl (C=O) groups is 1. The highest BCUT2D eigenvalue weighted by Crippen LogP contribution is 2.15. The maximum atomic E-state index is 10.7. The second-order valence-corrected chi connectivity index (χ2v) is 4.70. The summed E-state index contributed by atoms with van der Waals surface area (Å²) in [4.78, 5) is 10.7. The van der Waals surface area contributed by atoms with Gasteiger partial charge in [-0.05, 0) is 26.8 Å². The predicted octanol–water partition coefficient (Wildman–Crippen LogP) is 1.50. The summed E-state index contributed by atoms with van der Waals surface area (Å²) < 4.78 is 5.32. The molecular weight excluding hydrogens is 194 g/mol. The second-order valence-electron chi connectivity index (χ2n) is 4.70. The van der Waals surface area contributed by atoms with Crippen molar-refractivity contribution in [1.82, 2.24) is 5.32 Å². The number of carboxylic acid groups (broad SMARTS) is 1. The number of hydrogen-bond donors (Lipinski definition) is 2. The number of rotatable bonds is 8. The fourth-order valence-electron chi connectivity index (χ4n) is 0.954. The van der Waals surface area contributed by atoms with Crippen molar-refractivity contribution in [3.05, 3.63) is 0 Å². The van der Waals surface area contributed by atoms with Gasteiger partial charge in [-0.15, -0.1) is 0 Å². The molecule has 0 bridgehead atoms. The van der Waals surface area contributed by atoms with Crippen LogP contribution < -0.4 is 5.32 Å². The molecule has 0 aliphatic rings. The third-order valence-corrected chi connectivity index (χ3v) is 2.06. The van der Waals surface area contributed by atoms with Gasteiger partial charge < -0.3 is 15.2 Å². The average Bonchev–Trinajstić information content (AvgIpc) is 2.10. The normalized spacial score (nSPS) is 12.1. The summed E-state index contributed by atoms with van der Waals surface area (Å²) in [6.45, 7) is 9.30. The Kier molecular flexibility index (Phi) is 6.52. The number of ether oxygens (including phenoxy) is 1. The summed E-state index contributed by atoms with van der Waals surface area (Å²) in [6.07, 6.45) is 0.911. The molecule has 0 heterocycles. The number of carboxylic acids is 1. The second kappa shape index (κ2) is 6.80. The van der Waals surface area contributed by atoms with Gasteiger partial charge in [0.2, 0.25) is 0 Å². The molecular formula is C11H23NO3. The minimum Gasteiger partial charge on any atom is -0.481 e. The van der Waals surface area contributed by atoms with E-state index in [-0.39, 0.29) is 6.61 Å². The van der Waals surface area contributed by atoms with Crippen molar-refractivity contribution in [3.8, 4) is 0 Å². The van der Waals surface area contributed by atoms with Gasteiger partial charge in [0.25, 0.3) is 0 Å². The minimum absolute atomic E-state index is 0.268. The molecule has 0 saturated carbocycles. The predicted molar refractivity (Wildman–Crippen MR) is 60.0 cm³/mol. The van der Waals surface area contributed by atoms with Crippen LogP contribution in [0.4, 0.5) is 0 Å². The summed E-state index contributed by atoms with van der Waals surface area (Å²) in [5.41, 5.74) is -0.786. The van der Waals surface area contributed by atoms with E-state index >= 15 is 0 Å². The highest BCUT2D eigenvalue weighted by molar-refractivity contribution is 5.73. The van der Waals surface area contributed by atoms with Gasteiger partial charge in [-0.2, -0.15) is 0 Å². The lowest BCUT2D eigenvalue weighted by Gasteiger charge is -2.18. The van der Waals surface area contributed by atoms with E-state index in [2.05, 4.69) is 19.2 Å². The summed E-state index contributed by atoms with van der Waals surface area (Å²) in [5, 5.41) is 12.1. The van der Waals surface area contributed by atoms with Crippen molar-refractivity contribution in [2.24, 2.45) is 5.41 Å². The highest BCUT2D eigenvalue weighted by Gasteiger charge is 2.27. The smallest absolute Gasteiger partial charge is 0.311 e. The summed E-state index contributed by atoms with van der Waals surface area (Å²) in [6, 6.07) is 0.487. The molecule has 0 aromatic carbocycles. The lowest BCUT2D eigenvalue weighted by molar-refractivity contribution is -0.150. The van der Waals surface area contributed by atoms with Gasteiger partial charge >= 0.3 is 5.97 Å². The third kappa shape index (κ3) is 7.33. The molecule has 90 valence electrons. The molecule has 4 heteroatoms. The van der Waals surface area contributed by atoms with Crippen molar-refractivity contribution in [3.63, 3.8) is 0 Å². The molecule has 15 heavy (non-hydrogen) atoms. The molecule has 4 nitrogen and oxygen atoms in total. The average molecular weight is 217 g/mol. The van der Waals surface area contributed by atoms with Gasteiger partial charge in [0.15, 0.2) is 0 Å². The highest BCUT2D eigenvalue weighted by atomic mass is 16.5. The van der Waals surface area contributed by atoms with Crippen LogP contribution in [-0.4, -0.2) is 36.9 Å². The lowest BCUT2D eigenvalue weighted by atomic mass is 9.95. The standard InChI is InChI=1S/C11H23NO3/c1-9(2)12-6-5-7-15-8-11(3,4)10(13)14/h9,12H,5-8H2,1-4H3,(H,13,14). The van der Waals surface area contributed by atoms with Crippen molar-refractivity contribution >= 4 is 5.97 Å². The zero-order valence-electron chi connectivity index (χ0n) is 10.2. The van der Waals surface area contributed by atoms with Gasteiger partial charge in [0.1, 0.15) is 0 Å². The van der Waals surface area contributed by atoms with Crippen LogP contribution in [0.2, 0.25) is 0 Å². The number of aliphatic carboxylic acids is 1. The molecule has 0 fully saturated rings. The van der Waals surface area contributed by atoms with Gasteiger partial charge in [-0.25, -0.2) is 0 Å². The van der Waals surface area contributed by atoms with E-state index in [0.29, 0.717) is 12.6 Å². The molecule has 0 radical (unpaired) electrons. The largest absolute Gasteiger partial charge is 0.481 e. The Morgan fingerprint density at radius 1 is 1.47 bits per heavy atom. The molecule has 0 saturated heterocycles. The van der Waals surface area contributed by atoms with Crippen LogP contribution in [0.3, 0.4) is 0 Å². The van der Waals surface area contributed by atoms with Crippen LogP contribution in [0.5, 0.6) is 0 Å². The number of hydrogen-bond acceptors (Lipinski definition) is 3. The fourth-order valence-corrected chi connectivity index (χ4v) is 0.954. The monoisotopic (exact) mass is 217 g/mol. The summed E-state index contributed by atoms with van der Waals surface area (Å²) in [5.74, 6) is -0.817. The topological polar surface area (TPSA) is 58.6 Å². The first-order valence-electron chi connectivity index (χ1n) is 5.41. The number of nitrogens with one attached hydrogen (secondary N) is 1. The van der Waals surface area contributed by atoms with E-state index in [1.165, 1.54) is 0 Å². The van der Waals surface area contributed by atoms with Crippen LogP contribution in [-0.2, 0) is 9.53 Å². The van der Waals surface area contributed by atoms with Crippen molar-refractivity contribution in [2.45, 2.75) is 40.2 Å². The quantitative estimate of drug-likeness (QED) is 0.605. The zero-order chi connectivity index (χ0) is 11.9. The molecule has 0 amide bonds. The van der Waals surface area contributed by atoms with Crippen LogP contribution in [0.1, 0.15) is 34.1 Å². The maximum Gasteiger partial charge on any atom is 0.311 e. The van der Waals surface area contributed by atoms with Crippen LogP contribution in [0.25, 0.3) is 0 Å². The SMILES string of the molecule is CC(C)NCCCOCC(C)(C)C(=O)O. The molecule has 0 unspecified atom stereocenters. The fraction of sp³-hybridized carbons (Fsp3) is 0.909. The Labute approximate surface area is 92.0 Å². The van der Waals surface area contributed by atoms with E-state index in [1.807, 2.05) is 0 Å². The van der Waals surface area contributed by atoms with E-state index in [4.69, 9.17) is 9.84 Å². The molecule has 2 N–H and O–H groups in total. The first-order chi connectivity index (χ1) is 6.86. The van der Waals surface area contributed by atoms with E-state index in [1.54, 1.807) is 13.8 Å².